The van der Waals surface area contributed by atoms with E-state index in [1.165, 1.54) is 37.1 Å². The lowest BCUT2D eigenvalue weighted by Crippen LogP contribution is -2.22. The third-order valence-corrected chi connectivity index (χ3v) is 3.42. The smallest absolute Gasteiger partial charge is 0.406 e. The maximum atomic E-state index is 12.0. The highest BCUT2D eigenvalue weighted by Crippen LogP contribution is 2.25. The molecule has 1 saturated heterocycles. The second-order valence-corrected chi connectivity index (χ2v) is 4.97. The quantitative estimate of drug-likeness (QED) is 0.904. The van der Waals surface area contributed by atoms with Crippen LogP contribution in [0.4, 0.5) is 13.2 Å². The Morgan fingerprint density at radius 1 is 1.15 bits per heavy atom. The Morgan fingerprint density at radius 2 is 1.75 bits per heavy atom. The van der Waals surface area contributed by atoms with Gasteiger partial charge in [-0.15, -0.1) is 13.2 Å². The van der Waals surface area contributed by atoms with Crippen molar-refractivity contribution >= 4 is 0 Å². The van der Waals surface area contributed by atoms with E-state index < -0.39 is 12.5 Å². The Morgan fingerprint density at radius 3 is 2.30 bits per heavy atom. The molecular formula is C14H18F3NO2. The molecule has 20 heavy (non-hydrogen) atoms. The molecule has 0 amide bonds. The van der Waals surface area contributed by atoms with E-state index in [1.54, 1.807) is 0 Å². The fourth-order valence-electron chi connectivity index (χ4n) is 2.37. The summed E-state index contributed by atoms with van der Waals surface area (Å²) < 4.78 is 39.8. The highest BCUT2D eigenvalue weighted by atomic mass is 19.4. The normalized spacial score (nSPS) is 18.2. The highest BCUT2D eigenvalue weighted by Gasteiger charge is 2.31. The fraction of sp³-hybridized carbons (Fsp3) is 0.571. The summed E-state index contributed by atoms with van der Waals surface area (Å²) in [5.41, 5.74) is 0.610. The summed E-state index contributed by atoms with van der Waals surface area (Å²) >= 11 is 0. The lowest BCUT2D eigenvalue weighted by Gasteiger charge is -2.18. The second kappa shape index (κ2) is 6.45. The largest absolute Gasteiger partial charge is 0.573 e. The van der Waals surface area contributed by atoms with Gasteiger partial charge in [-0.2, -0.15) is 0 Å². The summed E-state index contributed by atoms with van der Waals surface area (Å²) in [6.45, 7) is 2.93. The number of nitrogens with zero attached hydrogens (tertiary/aromatic N) is 1. The number of aliphatic hydroxyl groups excluding tert-OH is 1. The van der Waals surface area contributed by atoms with Gasteiger partial charge >= 0.3 is 6.36 Å². The van der Waals surface area contributed by atoms with E-state index in [0.717, 1.165) is 19.6 Å². The molecule has 1 atom stereocenters. The third-order valence-electron chi connectivity index (χ3n) is 3.42. The standard InChI is InChI=1S/C14H18F3NO2/c15-14(16,17)20-12-5-3-11(4-6-12)13(19)7-10-18-8-1-2-9-18/h3-6,13,19H,1-2,7-10H2/t13-/m0/s1. The number of ether oxygens (including phenoxy) is 1. The van der Waals surface area contributed by atoms with E-state index in [9.17, 15) is 18.3 Å². The van der Waals surface area contributed by atoms with Gasteiger partial charge in [0.15, 0.2) is 0 Å². The molecule has 0 unspecified atom stereocenters. The predicted molar refractivity (Wildman–Crippen MR) is 68.4 cm³/mol. The molecule has 0 saturated carbocycles. The summed E-state index contributed by atoms with van der Waals surface area (Å²) in [7, 11) is 0. The molecule has 1 aliphatic heterocycles. The molecule has 1 N–H and O–H groups in total. The van der Waals surface area contributed by atoms with Crippen molar-refractivity contribution < 1.29 is 23.0 Å². The number of halogens is 3. The Bertz CT molecular complexity index is 413. The summed E-state index contributed by atoms with van der Waals surface area (Å²) in [4.78, 5) is 2.28. The summed E-state index contributed by atoms with van der Waals surface area (Å²) in [5, 5.41) is 10.0. The number of hydrogen-bond acceptors (Lipinski definition) is 3. The van der Waals surface area contributed by atoms with E-state index in [2.05, 4.69) is 9.64 Å². The monoisotopic (exact) mass is 289 g/mol. The summed E-state index contributed by atoms with van der Waals surface area (Å²) in [6.07, 6.45) is -2.37. The molecule has 1 aromatic rings. The van der Waals surface area contributed by atoms with Crippen LogP contribution in [0.25, 0.3) is 0 Å². The highest BCUT2D eigenvalue weighted by molar-refractivity contribution is 5.28. The number of benzene rings is 1. The van der Waals surface area contributed by atoms with Crippen LogP contribution in [-0.2, 0) is 0 Å². The van der Waals surface area contributed by atoms with Crippen molar-refractivity contribution in [1.82, 2.24) is 4.90 Å². The predicted octanol–water partition coefficient (Wildman–Crippen LogP) is 3.10. The second-order valence-electron chi connectivity index (χ2n) is 4.97. The summed E-state index contributed by atoms with van der Waals surface area (Å²) in [5.74, 6) is -0.270. The molecule has 1 heterocycles. The van der Waals surface area contributed by atoms with Gasteiger partial charge in [0, 0.05) is 6.54 Å². The Labute approximate surface area is 116 Å². The minimum Gasteiger partial charge on any atom is -0.406 e. The maximum Gasteiger partial charge on any atom is 0.573 e. The lowest BCUT2D eigenvalue weighted by atomic mass is 10.1. The molecule has 0 bridgehead atoms. The van der Waals surface area contributed by atoms with Crippen LogP contribution >= 0.6 is 0 Å². The molecule has 112 valence electrons. The average Bonchev–Trinajstić information content (AvgIpc) is 2.88. The number of likely N-dealkylation sites (tertiary alicyclic amines) is 1. The van der Waals surface area contributed by atoms with Gasteiger partial charge in [0.05, 0.1) is 6.10 Å². The SMILES string of the molecule is O[C@@H](CCN1CCCC1)c1ccc(OC(F)(F)F)cc1. The van der Waals surface area contributed by atoms with Crippen LogP contribution < -0.4 is 4.74 Å². The van der Waals surface area contributed by atoms with E-state index >= 15 is 0 Å². The van der Waals surface area contributed by atoms with Crippen molar-refractivity contribution in [1.29, 1.82) is 0 Å². The van der Waals surface area contributed by atoms with Crippen molar-refractivity contribution in [3.63, 3.8) is 0 Å². The van der Waals surface area contributed by atoms with Crippen molar-refractivity contribution in [2.45, 2.75) is 31.7 Å². The molecule has 2 rings (SSSR count). The zero-order valence-electron chi connectivity index (χ0n) is 11.1. The van der Waals surface area contributed by atoms with Crippen molar-refractivity contribution in [3.05, 3.63) is 29.8 Å². The first kappa shape index (κ1) is 15.1. The molecule has 0 radical (unpaired) electrons. The Kier molecular flexibility index (Phi) is 4.88. The molecule has 6 heteroatoms. The number of aliphatic hydroxyl groups is 1. The average molecular weight is 289 g/mol. The number of alkyl halides is 3. The third kappa shape index (κ3) is 4.68. The number of hydrogen-bond donors (Lipinski definition) is 1. The van der Waals surface area contributed by atoms with Crippen LogP contribution in [0.1, 0.15) is 30.9 Å². The van der Waals surface area contributed by atoms with Crippen LogP contribution in [-0.4, -0.2) is 36.0 Å². The molecule has 0 spiro atoms. The molecule has 1 aliphatic rings. The molecule has 0 aromatic heterocycles. The van der Waals surface area contributed by atoms with Crippen LogP contribution in [0.2, 0.25) is 0 Å². The van der Waals surface area contributed by atoms with Gasteiger partial charge in [0.2, 0.25) is 0 Å². The Balaban J connectivity index is 1.85. The molecule has 3 nitrogen and oxygen atoms in total. The van der Waals surface area contributed by atoms with Gasteiger partial charge < -0.3 is 14.7 Å². The topological polar surface area (TPSA) is 32.7 Å². The van der Waals surface area contributed by atoms with E-state index in [-0.39, 0.29) is 5.75 Å². The van der Waals surface area contributed by atoms with Crippen LogP contribution in [0, 0.1) is 0 Å². The molecular weight excluding hydrogens is 271 g/mol. The Hall–Kier alpha value is -1.27. The van der Waals surface area contributed by atoms with E-state index in [1.807, 2.05) is 0 Å². The van der Waals surface area contributed by atoms with Gasteiger partial charge in [-0.3, -0.25) is 0 Å². The van der Waals surface area contributed by atoms with E-state index in [4.69, 9.17) is 0 Å². The first-order valence-electron chi connectivity index (χ1n) is 6.70. The zero-order chi connectivity index (χ0) is 14.6. The van der Waals surface area contributed by atoms with Gasteiger partial charge in [-0.1, -0.05) is 12.1 Å². The number of rotatable bonds is 5. The molecule has 1 fully saturated rings. The maximum absolute atomic E-state index is 12.0. The van der Waals surface area contributed by atoms with Gasteiger partial charge in [0.1, 0.15) is 5.75 Å². The van der Waals surface area contributed by atoms with Crippen LogP contribution in [0.15, 0.2) is 24.3 Å². The van der Waals surface area contributed by atoms with Crippen molar-refractivity contribution in [3.8, 4) is 5.75 Å². The van der Waals surface area contributed by atoms with Crippen molar-refractivity contribution in [2.75, 3.05) is 19.6 Å². The first-order chi connectivity index (χ1) is 9.44. The molecule has 0 aliphatic carbocycles. The fourth-order valence-corrected chi connectivity index (χ4v) is 2.37. The summed E-state index contributed by atoms with van der Waals surface area (Å²) in [6, 6.07) is 5.38. The van der Waals surface area contributed by atoms with Gasteiger partial charge in [0.25, 0.3) is 0 Å². The van der Waals surface area contributed by atoms with Gasteiger partial charge in [-0.05, 0) is 50.0 Å². The minimum atomic E-state index is -4.68. The minimum absolute atomic E-state index is 0.270. The van der Waals surface area contributed by atoms with Crippen LogP contribution in [0.3, 0.4) is 0 Å². The van der Waals surface area contributed by atoms with E-state index in [0.29, 0.717) is 12.0 Å². The first-order valence-corrected chi connectivity index (χ1v) is 6.70. The van der Waals surface area contributed by atoms with Crippen molar-refractivity contribution in [2.24, 2.45) is 0 Å². The van der Waals surface area contributed by atoms with Gasteiger partial charge in [-0.25, -0.2) is 0 Å². The molecule has 1 aromatic carbocycles. The lowest BCUT2D eigenvalue weighted by molar-refractivity contribution is -0.274. The zero-order valence-corrected chi connectivity index (χ0v) is 11.1. The van der Waals surface area contributed by atoms with Crippen LogP contribution in [0.5, 0.6) is 5.75 Å².